The van der Waals surface area contributed by atoms with Gasteiger partial charge < -0.3 is 10.1 Å². The van der Waals surface area contributed by atoms with Gasteiger partial charge in [-0.2, -0.15) is 13.2 Å². The normalized spacial score (nSPS) is 11.1. The summed E-state index contributed by atoms with van der Waals surface area (Å²) in [5, 5.41) is 1.84. The van der Waals surface area contributed by atoms with Gasteiger partial charge in [0.15, 0.2) is 12.4 Å². The van der Waals surface area contributed by atoms with E-state index in [1.54, 1.807) is 24.3 Å². The number of ether oxygens (including phenoxy) is 1. The molecular weight excluding hydrogens is 433 g/mol. The van der Waals surface area contributed by atoms with E-state index in [4.69, 9.17) is 16.3 Å². The van der Waals surface area contributed by atoms with Crippen molar-refractivity contribution < 1.29 is 27.5 Å². The molecule has 0 radical (unpaired) electrons. The molecule has 1 N–H and O–H groups in total. The molecule has 0 bridgehead atoms. The Morgan fingerprint density at radius 1 is 1.03 bits per heavy atom. The molecule has 2 aromatic carbocycles. The molecular formula is C22H16ClF3N2O3. The molecule has 0 atom stereocenters. The lowest BCUT2D eigenvalue weighted by Gasteiger charge is -2.11. The monoisotopic (exact) mass is 448 g/mol. The maximum atomic E-state index is 12.7. The lowest BCUT2D eigenvalue weighted by Crippen LogP contribution is -2.22. The number of carbonyl (C=O) groups excluding carboxylic acids is 2. The van der Waals surface area contributed by atoms with Crippen LogP contribution in [-0.4, -0.2) is 23.5 Å². The lowest BCUT2D eigenvalue weighted by molar-refractivity contribution is -0.137. The van der Waals surface area contributed by atoms with Gasteiger partial charge in [-0.3, -0.25) is 4.79 Å². The number of alkyl halides is 3. The number of aromatic nitrogens is 1. The van der Waals surface area contributed by atoms with Crippen LogP contribution in [0.2, 0.25) is 5.02 Å². The average Bonchev–Trinajstić information content (AvgIpc) is 2.74. The molecule has 9 heteroatoms. The maximum Gasteiger partial charge on any atom is 0.417 e. The number of hydrogen-bond donors (Lipinski definition) is 1. The van der Waals surface area contributed by atoms with Crippen LogP contribution in [0.25, 0.3) is 0 Å². The number of benzene rings is 2. The third-order valence-corrected chi connectivity index (χ3v) is 4.52. The van der Waals surface area contributed by atoms with Crippen molar-refractivity contribution >= 4 is 29.3 Å². The Bertz CT molecular complexity index is 1090. The predicted octanol–water partition coefficient (Wildman–Crippen LogP) is 5.14. The summed E-state index contributed by atoms with van der Waals surface area (Å²) in [6.45, 7) is -0.655. The van der Waals surface area contributed by atoms with E-state index in [1.165, 1.54) is 0 Å². The number of hydrogen-bond acceptors (Lipinski definition) is 4. The minimum Gasteiger partial charge on any atom is -0.452 e. The molecule has 1 amide bonds. The standard InChI is InChI=1S/C22H16ClF3N2O3/c23-18-11-16(22(24,25)26)12-27-20(18)28-19(29)13-31-21(30)17-9-5-4-8-15(17)10-14-6-2-1-3-7-14/h1-9,11-12H,10,13H2,(H,27,28,29). The van der Waals surface area contributed by atoms with E-state index in [9.17, 15) is 22.8 Å². The van der Waals surface area contributed by atoms with Crippen molar-refractivity contribution in [2.24, 2.45) is 0 Å². The van der Waals surface area contributed by atoms with Crippen molar-refractivity contribution in [2.75, 3.05) is 11.9 Å². The molecule has 1 aromatic heterocycles. The summed E-state index contributed by atoms with van der Waals surface area (Å²) in [5.74, 6) is -1.75. The van der Waals surface area contributed by atoms with Crippen molar-refractivity contribution in [2.45, 2.75) is 12.6 Å². The molecule has 0 spiro atoms. The summed E-state index contributed by atoms with van der Waals surface area (Å²) in [4.78, 5) is 28.0. The third-order valence-electron chi connectivity index (χ3n) is 4.24. The van der Waals surface area contributed by atoms with Gasteiger partial charge in [0, 0.05) is 6.20 Å². The van der Waals surface area contributed by atoms with Gasteiger partial charge >= 0.3 is 12.1 Å². The molecule has 1 heterocycles. The van der Waals surface area contributed by atoms with Crippen LogP contribution in [0.4, 0.5) is 19.0 Å². The second kappa shape index (κ2) is 9.61. The first-order valence-electron chi connectivity index (χ1n) is 9.05. The van der Waals surface area contributed by atoms with E-state index >= 15 is 0 Å². The summed E-state index contributed by atoms with van der Waals surface area (Å²) >= 11 is 5.75. The van der Waals surface area contributed by atoms with Gasteiger partial charge in [-0.05, 0) is 29.7 Å². The summed E-state index contributed by atoms with van der Waals surface area (Å²) < 4.78 is 43.0. The van der Waals surface area contributed by atoms with Gasteiger partial charge in [0.05, 0.1) is 16.1 Å². The molecule has 160 valence electrons. The molecule has 0 aliphatic heterocycles. The highest BCUT2D eigenvalue weighted by Gasteiger charge is 2.31. The second-order valence-electron chi connectivity index (χ2n) is 6.50. The van der Waals surface area contributed by atoms with E-state index in [0.717, 1.165) is 11.1 Å². The number of carbonyl (C=O) groups is 2. The number of nitrogens with zero attached hydrogens (tertiary/aromatic N) is 1. The molecule has 0 aliphatic carbocycles. The molecule has 0 aliphatic rings. The minimum absolute atomic E-state index is 0.264. The quantitative estimate of drug-likeness (QED) is 0.530. The highest BCUT2D eigenvalue weighted by molar-refractivity contribution is 6.33. The molecule has 0 saturated heterocycles. The van der Waals surface area contributed by atoms with Crippen LogP contribution in [0, 0.1) is 0 Å². The Kier molecular flexibility index (Phi) is 6.91. The van der Waals surface area contributed by atoms with Crippen LogP contribution in [0.5, 0.6) is 0 Å². The summed E-state index contributed by atoms with van der Waals surface area (Å²) in [5.41, 5.74) is 0.997. The molecule has 3 aromatic rings. The molecule has 0 unspecified atom stereocenters. The van der Waals surface area contributed by atoms with Crippen LogP contribution in [-0.2, 0) is 22.1 Å². The smallest absolute Gasteiger partial charge is 0.417 e. The van der Waals surface area contributed by atoms with Crippen molar-refractivity contribution in [1.82, 2.24) is 4.98 Å². The van der Waals surface area contributed by atoms with E-state index in [-0.39, 0.29) is 10.8 Å². The molecule has 31 heavy (non-hydrogen) atoms. The van der Waals surface area contributed by atoms with Gasteiger partial charge in [0.1, 0.15) is 0 Å². The molecule has 3 rings (SSSR count). The van der Waals surface area contributed by atoms with Crippen LogP contribution >= 0.6 is 11.6 Å². The third kappa shape index (κ3) is 6.05. The van der Waals surface area contributed by atoms with Crippen LogP contribution in [0.3, 0.4) is 0 Å². The fourth-order valence-corrected chi connectivity index (χ4v) is 2.96. The molecule has 0 saturated carbocycles. The number of nitrogens with one attached hydrogen (secondary N) is 1. The van der Waals surface area contributed by atoms with Gasteiger partial charge in [-0.15, -0.1) is 0 Å². The van der Waals surface area contributed by atoms with Crippen molar-refractivity contribution in [3.63, 3.8) is 0 Å². The first-order valence-corrected chi connectivity index (χ1v) is 9.43. The molecule has 5 nitrogen and oxygen atoms in total. The van der Waals surface area contributed by atoms with Gasteiger partial charge in [0.2, 0.25) is 0 Å². The summed E-state index contributed by atoms with van der Waals surface area (Å²) in [6, 6.07) is 17.0. The largest absolute Gasteiger partial charge is 0.452 e. The topological polar surface area (TPSA) is 68.3 Å². The van der Waals surface area contributed by atoms with E-state index in [0.29, 0.717) is 24.2 Å². The Balaban J connectivity index is 1.62. The van der Waals surface area contributed by atoms with Crippen LogP contribution in [0.15, 0.2) is 66.9 Å². The number of anilines is 1. The van der Waals surface area contributed by atoms with E-state index in [1.807, 2.05) is 30.3 Å². The molecule has 0 fully saturated rings. The van der Waals surface area contributed by atoms with Gasteiger partial charge in [-0.25, -0.2) is 9.78 Å². The lowest BCUT2D eigenvalue weighted by atomic mass is 10.00. The summed E-state index contributed by atoms with van der Waals surface area (Å²) in [7, 11) is 0. The number of amides is 1. The fourth-order valence-electron chi connectivity index (χ4n) is 2.75. The first kappa shape index (κ1) is 22.3. The number of rotatable bonds is 6. The van der Waals surface area contributed by atoms with Crippen LogP contribution < -0.4 is 5.32 Å². The predicted molar refractivity (Wildman–Crippen MR) is 109 cm³/mol. The fraction of sp³-hybridized carbons (Fsp3) is 0.136. The first-order chi connectivity index (χ1) is 14.7. The van der Waals surface area contributed by atoms with E-state index < -0.39 is 30.2 Å². The van der Waals surface area contributed by atoms with Gasteiger partial charge in [-0.1, -0.05) is 60.1 Å². The van der Waals surface area contributed by atoms with Crippen molar-refractivity contribution in [1.29, 1.82) is 0 Å². The Labute approximate surface area is 180 Å². The number of pyridine rings is 1. The number of halogens is 4. The minimum atomic E-state index is -4.61. The highest BCUT2D eigenvalue weighted by atomic mass is 35.5. The highest BCUT2D eigenvalue weighted by Crippen LogP contribution is 2.32. The summed E-state index contributed by atoms with van der Waals surface area (Å²) in [6.07, 6.45) is -3.56. The Hall–Kier alpha value is -3.39. The number of esters is 1. The average molecular weight is 449 g/mol. The van der Waals surface area contributed by atoms with Crippen molar-refractivity contribution in [3.8, 4) is 0 Å². The second-order valence-corrected chi connectivity index (χ2v) is 6.90. The van der Waals surface area contributed by atoms with Crippen molar-refractivity contribution in [3.05, 3.63) is 94.1 Å². The van der Waals surface area contributed by atoms with Gasteiger partial charge in [0.25, 0.3) is 5.91 Å². The Morgan fingerprint density at radius 2 is 1.71 bits per heavy atom. The SMILES string of the molecule is O=C(COC(=O)c1ccccc1Cc1ccccc1)Nc1ncc(C(F)(F)F)cc1Cl. The zero-order chi connectivity index (χ0) is 22.4. The maximum absolute atomic E-state index is 12.7. The zero-order valence-corrected chi connectivity index (χ0v) is 16.7. The Morgan fingerprint density at radius 3 is 2.39 bits per heavy atom. The van der Waals surface area contributed by atoms with Crippen LogP contribution in [0.1, 0.15) is 27.0 Å². The zero-order valence-electron chi connectivity index (χ0n) is 15.9. The van der Waals surface area contributed by atoms with E-state index in [2.05, 4.69) is 10.3 Å².